The van der Waals surface area contributed by atoms with Crippen molar-refractivity contribution in [2.75, 3.05) is 69.0 Å². The second kappa shape index (κ2) is 11.2. The van der Waals surface area contributed by atoms with E-state index in [0.717, 1.165) is 55.1 Å². The Bertz CT molecular complexity index is 1540. The number of nitrogens with one attached hydrogen (secondary N) is 2. The molecular formula is C32H33N5O4. The lowest BCUT2D eigenvalue weighted by Gasteiger charge is -2.32. The zero-order valence-electron chi connectivity index (χ0n) is 23.3. The SMILES string of the molecule is COC(=O)c1ccc2c(c1)NC(=O)/C2=C(\Nc1ccc2c(c1)CCN2C(=O)CN1CCN(C)CC1)c1ccccc1. The third-order valence-corrected chi connectivity index (χ3v) is 8.00. The first kappa shape index (κ1) is 26.7. The number of likely N-dealkylation sites (N-methyl/N-ethyl adjacent to an activating group) is 1. The molecule has 0 spiro atoms. The monoisotopic (exact) mass is 551 g/mol. The van der Waals surface area contributed by atoms with E-state index in [1.165, 1.54) is 7.11 Å². The van der Waals surface area contributed by atoms with E-state index in [-0.39, 0.29) is 11.8 Å². The lowest BCUT2D eigenvalue weighted by atomic mass is 9.99. The third kappa shape index (κ3) is 5.33. The molecule has 1 saturated heterocycles. The summed E-state index contributed by atoms with van der Waals surface area (Å²) < 4.78 is 4.84. The van der Waals surface area contributed by atoms with Gasteiger partial charge in [0.2, 0.25) is 5.91 Å². The van der Waals surface area contributed by atoms with Gasteiger partial charge in [-0.05, 0) is 54.9 Å². The van der Waals surface area contributed by atoms with Crippen molar-refractivity contribution in [1.82, 2.24) is 9.80 Å². The van der Waals surface area contributed by atoms with Crippen LogP contribution in [0.15, 0.2) is 66.7 Å². The fraction of sp³-hybridized carbons (Fsp3) is 0.281. The lowest BCUT2D eigenvalue weighted by molar-refractivity contribution is -0.120. The number of ether oxygens (including phenoxy) is 1. The molecule has 3 aromatic carbocycles. The van der Waals surface area contributed by atoms with E-state index >= 15 is 0 Å². The Morgan fingerprint density at radius 3 is 2.46 bits per heavy atom. The van der Waals surface area contributed by atoms with Crippen LogP contribution in [0.4, 0.5) is 17.1 Å². The number of amides is 2. The Hall–Kier alpha value is -4.47. The zero-order valence-corrected chi connectivity index (χ0v) is 23.3. The van der Waals surface area contributed by atoms with E-state index in [0.29, 0.717) is 41.2 Å². The first-order chi connectivity index (χ1) is 19.9. The van der Waals surface area contributed by atoms with Gasteiger partial charge in [-0.2, -0.15) is 0 Å². The van der Waals surface area contributed by atoms with E-state index in [1.54, 1.807) is 18.2 Å². The zero-order chi connectivity index (χ0) is 28.5. The van der Waals surface area contributed by atoms with Gasteiger partial charge in [-0.3, -0.25) is 14.5 Å². The molecule has 3 aliphatic heterocycles. The van der Waals surface area contributed by atoms with Gasteiger partial charge in [0.25, 0.3) is 5.91 Å². The van der Waals surface area contributed by atoms with Gasteiger partial charge < -0.3 is 25.2 Å². The van der Waals surface area contributed by atoms with E-state index in [2.05, 4.69) is 33.5 Å². The molecule has 3 heterocycles. The largest absolute Gasteiger partial charge is 0.465 e. The van der Waals surface area contributed by atoms with Crippen LogP contribution in [0.1, 0.15) is 27.0 Å². The average molecular weight is 552 g/mol. The molecule has 3 aliphatic rings. The molecule has 2 amide bonds. The first-order valence-corrected chi connectivity index (χ1v) is 13.9. The van der Waals surface area contributed by atoms with Crippen LogP contribution < -0.4 is 15.5 Å². The highest BCUT2D eigenvalue weighted by Gasteiger charge is 2.30. The summed E-state index contributed by atoms with van der Waals surface area (Å²) in [5, 5.41) is 6.41. The predicted octanol–water partition coefficient (Wildman–Crippen LogP) is 3.54. The number of anilines is 3. The predicted molar refractivity (Wildman–Crippen MR) is 160 cm³/mol. The molecule has 0 atom stereocenters. The van der Waals surface area contributed by atoms with Crippen molar-refractivity contribution in [2.24, 2.45) is 0 Å². The number of nitrogens with zero attached hydrogens (tertiary/aromatic N) is 3. The van der Waals surface area contributed by atoms with Crippen molar-refractivity contribution >= 4 is 46.1 Å². The molecule has 0 radical (unpaired) electrons. The molecule has 3 aromatic rings. The van der Waals surface area contributed by atoms with Crippen LogP contribution in [0.3, 0.4) is 0 Å². The number of hydrogen-bond donors (Lipinski definition) is 2. The molecule has 0 unspecified atom stereocenters. The molecule has 1 fully saturated rings. The Morgan fingerprint density at radius 1 is 0.927 bits per heavy atom. The second-order valence-electron chi connectivity index (χ2n) is 10.7. The minimum absolute atomic E-state index is 0.131. The molecule has 0 saturated carbocycles. The first-order valence-electron chi connectivity index (χ1n) is 13.9. The second-order valence-corrected chi connectivity index (χ2v) is 10.7. The van der Waals surface area contributed by atoms with Gasteiger partial charge in [0, 0.05) is 49.7 Å². The number of carbonyl (C=O) groups excluding carboxylic acids is 3. The number of methoxy groups -OCH3 is 1. The highest BCUT2D eigenvalue weighted by molar-refractivity contribution is 6.37. The maximum absolute atomic E-state index is 13.3. The quantitative estimate of drug-likeness (QED) is 0.358. The summed E-state index contributed by atoms with van der Waals surface area (Å²) in [7, 11) is 3.44. The molecule has 9 nitrogen and oxygen atoms in total. The van der Waals surface area contributed by atoms with E-state index in [1.807, 2.05) is 47.4 Å². The van der Waals surface area contributed by atoms with Gasteiger partial charge in [-0.15, -0.1) is 0 Å². The number of fused-ring (bicyclic) bond motifs is 2. The molecule has 6 rings (SSSR count). The van der Waals surface area contributed by atoms with E-state index in [4.69, 9.17) is 4.74 Å². The Balaban J connectivity index is 1.29. The number of esters is 1. The Kier molecular flexibility index (Phi) is 7.30. The highest BCUT2D eigenvalue weighted by Crippen LogP contribution is 2.39. The minimum atomic E-state index is -0.463. The number of benzene rings is 3. The fourth-order valence-corrected chi connectivity index (χ4v) is 5.72. The summed E-state index contributed by atoms with van der Waals surface area (Å²) in [5.41, 5.74) is 6.51. The third-order valence-electron chi connectivity index (χ3n) is 8.00. The van der Waals surface area contributed by atoms with Crippen LogP contribution in [0.25, 0.3) is 11.3 Å². The molecule has 0 bridgehead atoms. The summed E-state index contributed by atoms with van der Waals surface area (Å²) in [6, 6.07) is 20.8. The molecule has 9 heteroatoms. The van der Waals surface area contributed by atoms with Gasteiger partial charge in [0.05, 0.1) is 36.2 Å². The van der Waals surface area contributed by atoms with Crippen molar-refractivity contribution < 1.29 is 19.1 Å². The van der Waals surface area contributed by atoms with Crippen molar-refractivity contribution in [2.45, 2.75) is 6.42 Å². The minimum Gasteiger partial charge on any atom is -0.465 e. The summed E-state index contributed by atoms with van der Waals surface area (Å²) in [6.45, 7) is 4.87. The summed E-state index contributed by atoms with van der Waals surface area (Å²) in [5.74, 6) is -0.586. The number of rotatable bonds is 6. The molecule has 41 heavy (non-hydrogen) atoms. The highest BCUT2D eigenvalue weighted by atomic mass is 16.5. The fourth-order valence-electron chi connectivity index (χ4n) is 5.72. The smallest absolute Gasteiger partial charge is 0.337 e. The molecule has 0 aliphatic carbocycles. The van der Waals surface area contributed by atoms with Crippen LogP contribution in [0.5, 0.6) is 0 Å². The summed E-state index contributed by atoms with van der Waals surface area (Å²) in [4.78, 5) is 45.0. The van der Waals surface area contributed by atoms with Gasteiger partial charge in [-0.25, -0.2) is 4.79 Å². The standard InChI is InChI=1S/C32H33N5O4/c1-35-14-16-36(17-15-35)20-28(38)37-13-12-22-18-24(9-11-27(22)37)33-30(21-6-4-3-5-7-21)29-25-10-8-23(32(40)41-2)19-26(25)34-31(29)39/h3-11,18-19,33H,12-17,20H2,1-2H3,(H,34,39)/b30-29-. The summed E-state index contributed by atoms with van der Waals surface area (Å²) >= 11 is 0. The van der Waals surface area contributed by atoms with Crippen LogP contribution in [-0.2, 0) is 20.7 Å². The normalized spacial score (nSPS) is 18.0. The average Bonchev–Trinajstić information content (AvgIpc) is 3.56. The number of piperazine rings is 1. The van der Waals surface area contributed by atoms with Crippen LogP contribution in [0, 0.1) is 0 Å². The van der Waals surface area contributed by atoms with Crippen LogP contribution >= 0.6 is 0 Å². The van der Waals surface area contributed by atoms with Gasteiger partial charge >= 0.3 is 5.97 Å². The van der Waals surface area contributed by atoms with Crippen LogP contribution in [-0.4, -0.2) is 81.0 Å². The molecular weight excluding hydrogens is 518 g/mol. The number of hydrogen-bond acceptors (Lipinski definition) is 7. The van der Waals surface area contributed by atoms with Gasteiger partial charge in [0.1, 0.15) is 0 Å². The maximum atomic E-state index is 13.3. The van der Waals surface area contributed by atoms with Crippen molar-refractivity contribution in [3.8, 4) is 0 Å². The number of carbonyl (C=O) groups is 3. The molecule has 210 valence electrons. The van der Waals surface area contributed by atoms with Gasteiger partial charge in [-0.1, -0.05) is 36.4 Å². The van der Waals surface area contributed by atoms with Gasteiger partial charge in [0.15, 0.2) is 0 Å². The topological polar surface area (TPSA) is 94.2 Å². The molecule has 0 aromatic heterocycles. The van der Waals surface area contributed by atoms with E-state index < -0.39 is 5.97 Å². The van der Waals surface area contributed by atoms with E-state index in [9.17, 15) is 14.4 Å². The van der Waals surface area contributed by atoms with Crippen molar-refractivity contribution in [3.05, 3.63) is 89.0 Å². The van der Waals surface area contributed by atoms with Crippen LogP contribution in [0.2, 0.25) is 0 Å². The Labute approximate surface area is 239 Å². The lowest BCUT2D eigenvalue weighted by Crippen LogP contribution is -2.48. The van der Waals surface area contributed by atoms with Crippen molar-refractivity contribution in [3.63, 3.8) is 0 Å². The Morgan fingerprint density at radius 2 is 1.71 bits per heavy atom. The maximum Gasteiger partial charge on any atom is 0.337 e. The molecule has 2 N–H and O–H groups in total. The van der Waals surface area contributed by atoms with Crippen molar-refractivity contribution in [1.29, 1.82) is 0 Å². The summed E-state index contributed by atoms with van der Waals surface area (Å²) in [6.07, 6.45) is 0.774.